The van der Waals surface area contributed by atoms with E-state index in [1.54, 1.807) is 6.92 Å². The molecular weight excluding hydrogens is 302 g/mol. The second-order valence-corrected chi connectivity index (χ2v) is 5.76. The van der Waals surface area contributed by atoms with Crippen molar-refractivity contribution in [3.05, 3.63) is 47.5 Å². The van der Waals surface area contributed by atoms with Gasteiger partial charge in [-0.1, -0.05) is 30.8 Å². The number of hydrogen-bond acceptors (Lipinski definition) is 5. The molecule has 1 aromatic carbocycles. The highest BCUT2D eigenvalue weighted by molar-refractivity contribution is 6.09. The van der Waals surface area contributed by atoms with Crippen LogP contribution < -0.4 is 11.1 Å². The van der Waals surface area contributed by atoms with Crippen LogP contribution in [0.1, 0.15) is 41.6 Å². The van der Waals surface area contributed by atoms with Gasteiger partial charge >= 0.3 is 0 Å². The van der Waals surface area contributed by atoms with Crippen molar-refractivity contribution in [1.29, 1.82) is 5.41 Å². The molecule has 132 valence electrons. The quantitative estimate of drug-likeness (QED) is 0.407. The molecule has 1 aliphatic heterocycles. The second kappa shape index (κ2) is 10.9. The van der Waals surface area contributed by atoms with Gasteiger partial charge in [-0.3, -0.25) is 4.79 Å². The van der Waals surface area contributed by atoms with E-state index in [1.807, 2.05) is 24.3 Å². The summed E-state index contributed by atoms with van der Waals surface area (Å²) >= 11 is 0. The summed E-state index contributed by atoms with van der Waals surface area (Å²) in [5.41, 5.74) is 6.57. The topological polar surface area (TPSA) is 88.2 Å². The molecule has 0 aromatic heterocycles. The third-order valence-corrected chi connectivity index (χ3v) is 4.04. The Labute approximate surface area is 144 Å². The average Bonchev–Trinajstić information content (AvgIpc) is 2.64. The monoisotopic (exact) mass is 331 g/mol. The van der Waals surface area contributed by atoms with Crippen molar-refractivity contribution < 1.29 is 9.53 Å². The Hall–Kier alpha value is -1.82. The summed E-state index contributed by atoms with van der Waals surface area (Å²) in [5.74, 6) is -0.157. The first-order chi connectivity index (χ1) is 11.6. The molecule has 5 heteroatoms. The number of benzene rings is 1. The van der Waals surface area contributed by atoms with Gasteiger partial charge < -0.3 is 21.2 Å². The zero-order valence-corrected chi connectivity index (χ0v) is 14.7. The molecule has 1 aromatic rings. The van der Waals surface area contributed by atoms with Crippen LogP contribution in [0.3, 0.4) is 0 Å². The lowest BCUT2D eigenvalue weighted by Gasteiger charge is -2.25. The molecule has 1 aliphatic rings. The maximum absolute atomic E-state index is 12.3. The van der Waals surface area contributed by atoms with E-state index in [4.69, 9.17) is 10.1 Å². The van der Waals surface area contributed by atoms with Gasteiger partial charge in [0.25, 0.3) is 0 Å². The highest BCUT2D eigenvalue weighted by atomic mass is 16.5. The normalized spacial score (nSPS) is 15.8. The van der Waals surface area contributed by atoms with E-state index in [1.165, 1.54) is 13.3 Å². The molecular formula is C19H29N3O2. The number of carbonyl (C=O) groups excluding carboxylic acids is 1. The highest BCUT2D eigenvalue weighted by Crippen LogP contribution is 2.21. The Kier molecular flexibility index (Phi) is 9.15. The molecule has 0 saturated carbocycles. The van der Waals surface area contributed by atoms with E-state index >= 15 is 0 Å². The van der Waals surface area contributed by atoms with Crippen LogP contribution >= 0.6 is 0 Å². The SMILES string of the molecule is C=C(C)C(=O)c1ccccc1C(C=N)CNC1CCOCC1.CN. The number of allylic oxidation sites excluding steroid dienone is 1. The van der Waals surface area contributed by atoms with Crippen molar-refractivity contribution in [1.82, 2.24) is 5.32 Å². The van der Waals surface area contributed by atoms with Crippen molar-refractivity contribution >= 4 is 12.0 Å². The van der Waals surface area contributed by atoms with Gasteiger partial charge in [-0.05, 0) is 37.9 Å². The van der Waals surface area contributed by atoms with Crippen molar-refractivity contribution in [2.75, 3.05) is 26.8 Å². The van der Waals surface area contributed by atoms with Gasteiger partial charge in [-0.15, -0.1) is 0 Å². The number of nitrogens with one attached hydrogen (secondary N) is 2. The molecule has 1 fully saturated rings. The van der Waals surface area contributed by atoms with Gasteiger partial charge in [-0.2, -0.15) is 0 Å². The van der Waals surface area contributed by atoms with Crippen LogP contribution in [0.2, 0.25) is 0 Å². The van der Waals surface area contributed by atoms with Gasteiger partial charge in [0.1, 0.15) is 0 Å². The van der Waals surface area contributed by atoms with E-state index in [0.717, 1.165) is 31.6 Å². The first-order valence-electron chi connectivity index (χ1n) is 8.32. The summed E-state index contributed by atoms with van der Waals surface area (Å²) in [6.45, 7) is 7.70. The van der Waals surface area contributed by atoms with Crippen LogP contribution in [-0.4, -0.2) is 44.8 Å². The minimum atomic E-state index is -0.109. The van der Waals surface area contributed by atoms with Crippen LogP contribution in [-0.2, 0) is 4.74 Å². The van der Waals surface area contributed by atoms with Crippen LogP contribution in [0.5, 0.6) is 0 Å². The van der Waals surface area contributed by atoms with E-state index < -0.39 is 0 Å². The summed E-state index contributed by atoms with van der Waals surface area (Å²) in [6, 6.07) is 7.94. The first-order valence-corrected chi connectivity index (χ1v) is 8.32. The number of rotatable bonds is 7. The second-order valence-electron chi connectivity index (χ2n) is 5.76. The molecule has 2 rings (SSSR count). The lowest BCUT2D eigenvalue weighted by Crippen LogP contribution is -2.37. The van der Waals surface area contributed by atoms with E-state index in [-0.39, 0.29) is 11.7 Å². The Bertz CT molecular complexity index is 551. The fourth-order valence-corrected chi connectivity index (χ4v) is 2.71. The van der Waals surface area contributed by atoms with Crippen LogP contribution in [0, 0.1) is 5.41 Å². The minimum absolute atomic E-state index is 0.0477. The predicted octanol–water partition coefficient (Wildman–Crippen LogP) is 2.52. The lowest BCUT2D eigenvalue weighted by atomic mass is 9.91. The Morgan fingerprint density at radius 1 is 1.42 bits per heavy atom. The maximum Gasteiger partial charge on any atom is 0.188 e. The summed E-state index contributed by atoms with van der Waals surface area (Å²) in [7, 11) is 1.50. The van der Waals surface area contributed by atoms with Crippen molar-refractivity contribution in [3.63, 3.8) is 0 Å². The molecule has 24 heavy (non-hydrogen) atoms. The molecule has 0 radical (unpaired) electrons. The molecule has 1 unspecified atom stereocenters. The average molecular weight is 331 g/mol. The number of ether oxygens (including phenoxy) is 1. The fraction of sp³-hybridized carbons (Fsp3) is 0.474. The predicted molar refractivity (Wildman–Crippen MR) is 99.1 cm³/mol. The zero-order chi connectivity index (χ0) is 17.9. The zero-order valence-electron chi connectivity index (χ0n) is 14.7. The summed E-state index contributed by atoms with van der Waals surface area (Å²) in [5, 5.41) is 11.2. The lowest BCUT2D eigenvalue weighted by molar-refractivity contribution is 0.0780. The molecule has 0 aliphatic carbocycles. The first kappa shape index (κ1) is 20.2. The number of carbonyl (C=O) groups is 1. The minimum Gasteiger partial charge on any atom is -0.381 e. The summed E-state index contributed by atoms with van der Waals surface area (Å²) in [6.07, 6.45) is 3.41. The van der Waals surface area contributed by atoms with Gasteiger partial charge in [0.2, 0.25) is 0 Å². The Morgan fingerprint density at radius 3 is 2.62 bits per heavy atom. The summed E-state index contributed by atoms with van der Waals surface area (Å²) in [4.78, 5) is 12.3. The molecule has 5 nitrogen and oxygen atoms in total. The fourth-order valence-electron chi connectivity index (χ4n) is 2.71. The Balaban J connectivity index is 0.00000139. The highest BCUT2D eigenvalue weighted by Gasteiger charge is 2.20. The van der Waals surface area contributed by atoms with Crippen LogP contribution in [0.4, 0.5) is 0 Å². The summed E-state index contributed by atoms with van der Waals surface area (Å²) < 4.78 is 5.36. The molecule has 0 bridgehead atoms. The molecule has 0 spiro atoms. The van der Waals surface area contributed by atoms with Crippen molar-refractivity contribution in [3.8, 4) is 0 Å². The van der Waals surface area contributed by atoms with E-state index in [0.29, 0.717) is 23.7 Å². The van der Waals surface area contributed by atoms with Gasteiger partial charge in [0.05, 0.1) is 0 Å². The molecule has 4 N–H and O–H groups in total. The number of hydrogen-bond donors (Lipinski definition) is 3. The third kappa shape index (κ3) is 5.67. The van der Waals surface area contributed by atoms with Gasteiger partial charge in [0.15, 0.2) is 5.78 Å². The van der Waals surface area contributed by atoms with Crippen molar-refractivity contribution in [2.24, 2.45) is 5.73 Å². The largest absolute Gasteiger partial charge is 0.381 e. The van der Waals surface area contributed by atoms with E-state index in [9.17, 15) is 4.79 Å². The maximum atomic E-state index is 12.3. The third-order valence-electron chi connectivity index (χ3n) is 4.04. The molecule has 0 amide bonds. The number of ketones is 1. The Morgan fingerprint density at radius 2 is 2.04 bits per heavy atom. The van der Waals surface area contributed by atoms with Gasteiger partial charge in [-0.25, -0.2) is 0 Å². The number of nitrogens with two attached hydrogens (primary N) is 1. The smallest absolute Gasteiger partial charge is 0.188 e. The van der Waals surface area contributed by atoms with Crippen LogP contribution in [0.15, 0.2) is 36.4 Å². The van der Waals surface area contributed by atoms with Gasteiger partial charge in [0, 0.05) is 43.5 Å². The molecule has 1 saturated heterocycles. The van der Waals surface area contributed by atoms with E-state index in [2.05, 4.69) is 17.6 Å². The molecule has 1 atom stereocenters. The molecule has 1 heterocycles. The number of Topliss-reactive ketones (excluding diaryl/α,β-unsaturated/α-hetero) is 1. The standard InChI is InChI=1S/C18H24N2O2.CH5N/c1-13(2)18(21)17-6-4-3-5-16(17)14(11-19)12-20-15-7-9-22-10-8-15;1-2/h3-6,11,14-15,19-20H,1,7-10,12H2,2H3;2H2,1H3. The van der Waals surface area contributed by atoms with Crippen molar-refractivity contribution in [2.45, 2.75) is 31.7 Å². The van der Waals surface area contributed by atoms with Crippen LogP contribution in [0.25, 0.3) is 0 Å².